The molecule has 0 fully saturated rings. The Bertz CT molecular complexity index is 460. The molecule has 1 aromatic rings. The van der Waals surface area contributed by atoms with Gasteiger partial charge in [0, 0.05) is 12.6 Å². The summed E-state index contributed by atoms with van der Waals surface area (Å²) in [5.74, 6) is 0.177. The van der Waals surface area contributed by atoms with Crippen LogP contribution in [0.4, 0.5) is 5.69 Å². The summed E-state index contributed by atoms with van der Waals surface area (Å²) in [5, 5.41) is 24.2. The molecule has 0 aliphatic heterocycles. The summed E-state index contributed by atoms with van der Waals surface area (Å²) < 4.78 is 5.42. The number of nitro benzene ring substituents is 1. The topological polar surface area (TPSA) is 84.6 Å². The summed E-state index contributed by atoms with van der Waals surface area (Å²) in [5.41, 5.74) is -0.365. The van der Waals surface area contributed by atoms with Crippen molar-refractivity contribution in [2.24, 2.45) is 0 Å². The van der Waals surface area contributed by atoms with Crippen molar-refractivity contribution in [3.8, 4) is 5.75 Å². The van der Waals surface area contributed by atoms with Gasteiger partial charge in [0.1, 0.15) is 12.2 Å². The molecule has 0 spiro atoms. The minimum absolute atomic E-state index is 0.00633. The van der Waals surface area contributed by atoms with Gasteiger partial charge in [0.25, 0.3) is 0 Å². The van der Waals surface area contributed by atoms with Crippen molar-refractivity contribution in [2.45, 2.75) is 32.8 Å². The molecule has 0 heterocycles. The van der Waals surface area contributed by atoms with Crippen LogP contribution < -0.4 is 10.1 Å². The third kappa shape index (κ3) is 5.14. The van der Waals surface area contributed by atoms with E-state index in [9.17, 15) is 15.2 Å². The maximum absolute atomic E-state index is 11.0. The number of nitrogens with zero attached hydrogens (tertiary/aromatic N) is 1. The number of nitro groups is 1. The van der Waals surface area contributed by atoms with Crippen molar-refractivity contribution in [3.05, 3.63) is 33.9 Å². The van der Waals surface area contributed by atoms with E-state index in [4.69, 9.17) is 4.74 Å². The molecule has 6 heteroatoms. The smallest absolute Gasteiger partial charge is 0.311 e. The van der Waals surface area contributed by atoms with Gasteiger partial charge in [-0.15, -0.1) is 0 Å². The zero-order chi connectivity index (χ0) is 15.2. The van der Waals surface area contributed by atoms with E-state index < -0.39 is 10.5 Å². The fourth-order valence-corrected chi connectivity index (χ4v) is 1.71. The molecule has 20 heavy (non-hydrogen) atoms. The molecule has 112 valence electrons. The van der Waals surface area contributed by atoms with Crippen molar-refractivity contribution in [3.63, 3.8) is 0 Å². The van der Waals surface area contributed by atoms with Crippen molar-refractivity contribution in [1.82, 2.24) is 5.32 Å². The van der Waals surface area contributed by atoms with Gasteiger partial charge in [-0.2, -0.15) is 0 Å². The normalized spacial score (nSPS) is 13.8. The number of hydrogen-bond acceptors (Lipinski definition) is 5. The molecule has 0 aromatic heterocycles. The molecule has 0 aliphatic rings. The van der Waals surface area contributed by atoms with Crippen molar-refractivity contribution >= 4 is 5.69 Å². The van der Waals surface area contributed by atoms with Crippen LogP contribution in [0.2, 0.25) is 0 Å². The zero-order valence-corrected chi connectivity index (χ0v) is 12.2. The lowest BCUT2D eigenvalue weighted by Gasteiger charge is -2.23. The summed E-state index contributed by atoms with van der Waals surface area (Å²) in [6.45, 7) is 6.63. The molecular formula is C14H22N2O4. The lowest BCUT2D eigenvalue weighted by molar-refractivity contribution is -0.386. The van der Waals surface area contributed by atoms with Gasteiger partial charge < -0.3 is 15.2 Å². The number of rotatable bonds is 8. The highest BCUT2D eigenvalue weighted by Gasteiger charge is 2.23. The second-order valence-electron chi connectivity index (χ2n) is 5.19. The predicted molar refractivity (Wildman–Crippen MR) is 77.1 cm³/mol. The van der Waals surface area contributed by atoms with Crippen LogP contribution in [0.25, 0.3) is 0 Å². The van der Waals surface area contributed by atoms with Crippen molar-refractivity contribution < 1.29 is 14.8 Å². The SMILES string of the molecule is CCCNCC(C)(O)COc1ccc(C)cc1[N+](=O)[O-]. The minimum Gasteiger partial charge on any atom is -0.484 e. The highest BCUT2D eigenvalue weighted by atomic mass is 16.6. The van der Waals surface area contributed by atoms with Crippen LogP contribution in [-0.2, 0) is 0 Å². The Kier molecular flexibility index (Phi) is 5.91. The zero-order valence-electron chi connectivity index (χ0n) is 12.2. The quantitative estimate of drug-likeness (QED) is 0.433. The molecule has 1 rings (SSSR count). The van der Waals surface area contributed by atoms with Crippen LogP contribution in [0.5, 0.6) is 5.75 Å². The van der Waals surface area contributed by atoms with Crippen LogP contribution in [0.1, 0.15) is 25.8 Å². The maximum atomic E-state index is 11.0. The highest BCUT2D eigenvalue weighted by molar-refractivity contribution is 5.48. The molecule has 0 amide bonds. The third-order valence-electron chi connectivity index (χ3n) is 2.78. The van der Waals surface area contributed by atoms with Crippen LogP contribution >= 0.6 is 0 Å². The number of hydrogen-bond donors (Lipinski definition) is 2. The molecule has 1 aromatic carbocycles. The number of nitrogens with one attached hydrogen (secondary N) is 1. The van der Waals surface area contributed by atoms with E-state index in [0.29, 0.717) is 6.54 Å². The molecule has 0 saturated heterocycles. The fourth-order valence-electron chi connectivity index (χ4n) is 1.71. The second kappa shape index (κ2) is 7.21. The molecule has 1 atom stereocenters. The molecule has 0 radical (unpaired) electrons. The fraction of sp³-hybridized carbons (Fsp3) is 0.571. The van der Waals surface area contributed by atoms with Gasteiger partial charge in [-0.3, -0.25) is 10.1 Å². The van der Waals surface area contributed by atoms with Crippen molar-refractivity contribution in [1.29, 1.82) is 0 Å². The Morgan fingerprint density at radius 2 is 2.20 bits per heavy atom. The molecule has 2 N–H and O–H groups in total. The first-order valence-electron chi connectivity index (χ1n) is 6.66. The van der Waals surface area contributed by atoms with Gasteiger partial charge in [-0.25, -0.2) is 0 Å². The van der Waals surface area contributed by atoms with Crippen LogP contribution in [-0.4, -0.2) is 35.3 Å². The van der Waals surface area contributed by atoms with Gasteiger partial charge >= 0.3 is 5.69 Å². The van der Waals surface area contributed by atoms with E-state index >= 15 is 0 Å². The van der Waals surface area contributed by atoms with Gasteiger partial charge in [0.2, 0.25) is 0 Å². The number of benzene rings is 1. The Morgan fingerprint density at radius 1 is 1.50 bits per heavy atom. The second-order valence-corrected chi connectivity index (χ2v) is 5.19. The van der Waals surface area contributed by atoms with Gasteiger partial charge in [-0.05, 0) is 38.4 Å². The number of ether oxygens (including phenoxy) is 1. The predicted octanol–water partition coefficient (Wildman–Crippen LogP) is 2.03. The Labute approximate surface area is 118 Å². The maximum Gasteiger partial charge on any atom is 0.311 e. The van der Waals surface area contributed by atoms with Gasteiger partial charge in [0.05, 0.1) is 4.92 Å². The third-order valence-corrected chi connectivity index (χ3v) is 2.78. The monoisotopic (exact) mass is 282 g/mol. The van der Waals surface area contributed by atoms with E-state index in [1.165, 1.54) is 6.07 Å². The summed E-state index contributed by atoms with van der Waals surface area (Å²) in [4.78, 5) is 10.5. The number of aliphatic hydroxyl groups is 1. The largest absolute Gasteiger partial charge is 0.484 e. The molecule has 1 unspecified atom stereocenters. The van der Waals surface area contributed by atoms with Crippen LogP contribution in [0.15, 0.2) is 18.2 Å². The first-order chi connectivity index (χ1) is 9.35. The Balaban J connectivity index is 2.67. The van der Waals surface area contributed by atoms with E-state index in [1.807, 2.05) is 6.92 Å². The Morgan fingerprint density at radius 3 is 2.80 bits per heavy atom. The first kappa shape index (κ1) is 16.4. The standard InChI is InChI=1S/C14H22N2O4/c1-4-7-15-9-14(3,17)10-20-13-6-5-11(2)8-12(13)16(18)19/h5-6,8,15,17H,4,7,9-10H2,1-3H3. The molecule has 0 aliphatic carbocycles. The average Bonchev–Trinajstić information content (AvgIpc) is 2.37. The summed E-state index contributed by atoms with van der Waals surface area (Å²) in [7, 11) is 0. The summed E-state index contributed by atoms with van der Waals surface area (Å²) in [6, 6.07) is 4.76. The van der Waals surface area contributed by atoms with Gasteiger partial charge in [-0.1, -0.05) is 13.0 Å². The van der Waals surface area contributed by atoms with Crippen molar-refractivity contribution in [2.75, 3.05) is 19.7 Å². The minimum atomic E-state index is -1.08. The summed E-state index contributed by atoms with van der Waals surface area (Å²) in [6.07, 6.45) is 0.973. The van der Waals surface area contributed by atoms with Crippen LogP contribution in [0, 0.1) is 17.0 Å². The Hall–Kier alpha value is -1.66. The van der Waals surface area contributed by atoms with E-state index in [0.717, 1.165) is 18.5 Å². The van der Waals surface area contributed by atoms with Gasteiger partial charge in [0.15, 0.2) is 5.75 Å². The average molecular weight is 282 g/mol. The van der Waals surface area contributed by atoms with Crippen LogP contribution in [0.3, 0.4) is 0 Å². The lowest BCUT2D eigenvalue weighted by atomic mass is 10.1. The number of aryl methyl sites for hydroxylation is 1. The van der Waals surface area contributed by atoms with E-state index in [1.54, 1.807) is 26.0 Å². The molecule has 0 bridgehead atoms. The highest BCUT2D eigenvalue weighted by Crippen LogP contribution is 2.28. The molecule has 0 saturated carbocycles. The first-order valence-corrected chi connectivity index (χ1v) is 6.66. The van der Waals surface area contributed by atoms with E-state index in [2.05, 4.69) is 5.32 Å². The lowest BCUT2D eigenvalue weighted by Crippen LogP contribution is -2.43. The molecule has 6 nitrogen and oxygen atoms in total. The summed E-state index contributed by atoms with van der Waals surface area (Å²) >= 11 is 0. The molecular weight excluding hydrogens is 260 g/mol. The van der Waals surface area contributed by atoms with E-state index in [-0.39, 0.29) is 18.0 Å².